The van der Waals surface area contributed by atoms with E-state index in [2.05, 4.69) is 12.1 Å². The van der Waals surface area contributed by atoms with Gasteiger partial charge in [-0.15, -0.1) is 11.3 Å². The van der Waals surface area contributed by atoms with Crippen molar-refractivity contribution < 1.29 is 5.11 Å². The van der Waals surface area contributed by atoms with Gasteiger partial charge in [-0.2, -0.15) is 0 Å². The Bertz CT molecular complexity index is 563. The van der Waals surface area contributed by atoms with Crippen LogP contribution in [0.4, 0.5) is 0 Å². The second-order valence-corrected chi connectivity index (χ2v) is 6.72. The van der Waals surface area contributed by atoms with Gasteiger partial charge in [0.1, 0.15) is 0 Å². The highest BCUT2D eigenvalue weighted by Crippen LogP contribution is 2.39. The maximum atomic E-state index is 10.9. The Morgan fingerprint density at radius 1 is 1.22 bits per heavy atom. The van der Waals surface area contributed by atoms with Crippen LogP contribution in [0.15, 0.2) is 36.4 Å². The monoisotopic (exact) mass is 278 g/mol. The molecule has 3 heteroatoms. The topological polar surface area (TPSA) is 20.2 Å². The van der Waals surface area contributed by atoms with E-state index in [1.165, 1.54) is 5.56 Å². The molecule has 1 nitrogen and oxygen atoms in total. The van der Waals surface area contributed by atoms with Crippen LogP contribution in [0.5, 0.6) is 0 Å². The zero-order chi connectivity index (χ0) is 12.6. The summed E-state index contributed by atoms with van der Waals surface area (Å²) in [5.41, 5.74) is 1.66. The molecule has 18 heavy (non-hydrogen) atoms. The molecule has 0 spiro atoms. The van der Waals surface area contributed by atoms with Gasteiger partial charge in [-0.25, -0.2) is 0 Å². The molecule has 1 aromatic heterocycles. The lowest BCUT2D eigenvalue weighted by Gasteiger charge is -2.34. The molecule has 1 N–H and O–H groups in total. The Hall–Kier alpha value is -0.830. The molecule has 2 aromatic rings. The number of rotatable bonds is 2. The Kier molecular flexibility index (Phi) is 3.18. The zero-order valence-electron chi connectivity index (χ0n) is 10.0. The number of halogens is 1. The average Bonchev–Trinajstić information content (AvgIpc) is 2.75. The number of hydrogen-bond acceptors (Lipinski definition) is 2. The van der Waals surface area contributed by atoms with Crippen molar-refractivity contribution in [1.82, 2.24) is 0 Å². The minimum Gasteiger partial charge on any atom is -0.385 e. The van der Waals surface area contributed by atoms with Crippen LogP contribution < -0.4 is 0 Å². The third-order valence-electron chi connectivity index (χ3n) is 3.65. The fraction of sp³-hybridized carbons (Fsp3) is 0.333. The summed E-state index contributed by atoms with van der Waals surface area (Å²) >= 11 is 7.52. The predicted octanol–water partition coefficient (Wildman–Crippen LogP) is 4.17. The molecule has 0 aliphatic heterocycles. The molecular formula is C15H15ClOS. The van der Waals surface area contributed by atoms with E-state index in [4.69, 9.17) is 11.6 Å². The Morgan fingerprint density at radius 3 is 2.83 bits per heavy atom. The van der Waals surface area contributed by atoms with E-state index >= 15 is 0 Å². The van der Waals surface area contributed by atoms with Gasteiger partial charge in [0.2, 0.25) is 0 Å². The van der Waals surface area contributed by atoms with Crippen LogP contribution >= 0.6 is 22.9 Å². The van der Waals surface area contributed by atoms with Crippen molar-refractivity contribution in [2.45, 2.75) is 31.3 Å². The van der Waals surface area contributed by atoms with Crippen molar-refractivity contribution in [3.8, 4) is 0 Å². The fourth-order valence-corrected chi connectivity index (χ4v) is 4.01. The van der Waals surface area contributed by atoms with E-state index in [1.807, 2.05) is 24.3 Å². The normalized spacial score (nSPS) is 22.8. The number of benzene rings is 1. The molecule has 0 fully saturated rings. The molecule has 1 aromatic carbocycles. The molecule has 1 aliphatic carbocycles. The summed E-state index contributed by atoms with van der Waals surface area (Å²) in [5.74, 6) is 0. The molecule has 3 rings (SSSR count). The van der Waals surface area contributed by atoms with Gasteiger partial charge in [-0.3, -0.25) is 0 Å². The summed E-state index contributed by atoms with van der Waals surface area (Å²) in [6, 6.07) is 12.2. The maximum Gasteiger partial charge on any atom is 0.0947 e. The van der Waals surface area contributed by atoms with E-state index in [1.54, 1.807) is 11.3 Å². The standard InChI is InChI=1S/C15H15ClOS/c16-14-8-7-12(18-14)10-15(17)9-3-5-11-4-1-2-6-13(11)15/h1-2,4,6-8,17H,3,5,9-10H2. The largest absolute Gasteiger partial charge is 0.385 e. The minimum absolute atomic E-state index is 0.668. The number of thiophene rings is 1. The first-order chi connectivity index (χ1) is 8.67. The first-order valence-electron chi connectivity index (χ1n) is 6.22. The van der Waals surface area contributed by atoms with Gasteiger partial charge in [0.25, 0.3) is 0 Å². The molecule has 0 saturated heterocycles. The van der Waals surface area contributed by atoms with Crippen molar-refractivity contribution >= 4 is 22.9 Å². The summed E-state index contributed by atoms with van der Waals surface area (Å²) in [6.07, 6.45) is 3.62. The summed E-state index contributed by atoms with van der Waals surface area (Å²) in [7, 11) is 0. The summed E-state index contributed by atoms with van der Waals surface area (Å²) in [5, 5.41) is 10.9. The first kappa shape index (κ1) is 12.2. The summed E-state index contributed by atoms with van der Waals surface area (Å²) in [4.78, 5) is 1.15. The third-order valence-corrected chi connectivity index (χ3v) is 4.88. The van der Waals surface area contributed by atoms with Crippen molar-refractivity contribution in [2.24, 2.45) is 0 Å². The summed E-state index contributed by atoms with van der Waals surface area (Å²) < 4.78 is 0.790. The van der Waals surface area contributed by atoms with Gasteiger partial charge in [-0.1, -0.05) is 35.9 Å². The highest BCUT2D eigenvalue weighted by molar-refractivity contribution is 7.16. The molecule has 1 unspecified atom stereocenters. The van der Waals surface area contributed by atoms with E-state index in [-0.39, 0.29) is 0 Å². The van der Waals surface area contributed by atoms with E-state index in [0.717, 1.165) is 34.0 Å². The Labute approximate surface area is 116 Å². The van der Waals surface area contributed by atoms with Crippen LogP contribution in [0.2, 0.25) is 4.34 Å². The molecule has 1 heterocycles. The molecular weight excluding hydrogens is 264 g/mol. The molecule has 0 bridgehead atoms. The van der Waals surface area contributed by atoms with Gasteiger partial charge < -0.3 is 5.11 Å². The van der Waals surface area contributed by atoms with Crippen LogP contribution in [0.25, 0.3) is 0 Å². The van der Waals surface area contributed by atoms with Gasteiger partial charge in [0.05, 0.1) is 9.94 Å². The second kappa shape index (κ2) is 4.69. The lowest BCUT2D eigenvalue weighted by atomic mass is 9.77. The third kappa shape index (κ3) is 2.20. The highest BCUT2D eigenvalue weighted by atomic mass is 35.5. The highest BCUT2D eigenvalue weighted by Gasteiger charge is 2.34. The van der Waals surface area contributed by atoms with Crippen molar-refractivity contribution in [3.05, 3.63) is 56.7 Å². The number of fused-ring (bicyclic) bond motifs is 1. The van der Waals surface area contributed by atoms with Gasteiger partial charge in [0, 0.05) is 11.3 Å². The van der Waals surface area contributed by atoms with Crippen LogP contribution in [0.3, 0.4) is 0 Å². The van der Waals surface area contributed by atoms with Crippen LogP contribution in [-0.4, -0.2) is 5.11 Å². The van der Waals surface area contributed by atoms with Crippen molar-refractivity contribution in [2.75, 3.05) is 0 Å². The predicted molar refractivity (Wildman–Crippen MR) is 76.3 cm³/mol. The molecule has 0 saturated carbocycles. The SMILES string of the molecule is OC1(Cc2ccc(Cl)s2)CCCc2ccccc21. The van der Waals surface area contributed by atoms with Gasteiger partial charge in [0.15, 0.2) is 0 Å². The van der Waals surface area contributed by atoms with E-state index in [9.17, 15) is 5.11 Å². The number of aliphatic hydroxyl groups is 1. The molecule has 94 valence electrons. The number of hydrogen-bond donors (Lipinski definition) is 1. The molecule has 1 aliphatic rings. The maximum absolute atomic E-state index is 10.9. The quantitative estimate of drug-likeness (QED) is 0.874. The van der Waals surface area contributed by atoms with Crippen molar-refractivity contribution in [3.63, 3.8) is 0 Å². The van der Waals surface area contributed by atoms with Crippen LogP contribution in [0.1, 0.15) is 28.8 Å². The minimum atomic E-state index is -0.719. The average molecular weight is 279 g/mol. The van der Waals surface area contributed by atoms with Gasteiger partial charge in [-0.05, 0) is 42.5 Å². The Morgan fingerprint density at radius 2 is 2.06 bits per heavy atom. The fourth-order valence-electron chi connectivity index (χ4n) is 2.82. The van der Waals surface area contributed by atoms with E-state index in [0.29, 0.717) is 6.42 Å². The smallest absolute Gasteiger partial charge is 0.0947 e. The zero-order valence-corrected chi connectivity index (χ0v) is 11.6. The van der Waals surface area contributed by atoms with Crippen LogP contribution in [-0.2, 0) is 18.4 Å². The van der Waals surface area contributed by atoms with Crippen LogP contribution in [0, 0.1) is 0 Å². The second-order valence-electron chi connectivity index (χ2n) is 4.92. The molecule has 0 amide bonds. The number of aryl methyl sites for hydroxylation is 1. The lowest BCUT2D eigenvalue weighted by molar-refractivity contribution is 0.0198. The lowest BCUT2D eigenvalue weighted by Crippen LogP contribution is -2.32. The first-order valence-corrected chi connectivity index (χ1v) is 7.42. The van der Waals surface area contributed by atoms with Gasteiger partial charge >= 0.3 is 0 Å². The Balaban J connectivity index is 1.95. The summed E-state index contributed by atoms with van der Waals surface area (Å²) in [6.45, 7) is 0. The van der Waals surface area contributed by atoms with E-state index < -0.39 is 5.60 Å². The van der Waals surface area contributed by atoms with Crippen molar-refractivity contribution in [1.29, 1.82) is 0 Å². The molecule has 1 atom stereocenters. The molecule has 0 radical (unpaired) electrons.